The van der Waals surface area contributed by atoms with E-state index in [1.807, 2.05) is 31.3 Å². The van der Waals surface area contributed by atoms with Gasteiger partial charge in [-0.2, -0.15) is 5.10 Å². The van der Waals surface area contributed by atoms with Crippen molar-refractivity contribution in [3.05, 3.63) is 41.2 Å². The first-order chi connectivity index (χ1) is 14.2. The zero-order valence-corrected chi connectivity index (χ0v) is 19.2. The Morgan fingerprint density at radius 2 is 2.10 bits per heavy atom. The van der Waals surface area contributed by atoms with Crippen LogP contribution in [0.15, 0.2) is 30.5 Å². The monoisotopic (exact) mass is 469 g/mol. The first-order valence-corrected chi connectivity index (χ1v) is 11.1. The minimum absolute atomic E-state index is 0. The van der Waals surface area contributed by atoms with E-state index in [1.54, 1.807) is 15.6 Å². The number of anilines is 1. The van der Waals surface area contributed by atoms with Gasteiger partial charge in [0.2, 0.25) is 0 Å². The second kappa shape index (κ2) is 10.5. The van der Waals surface area contributed by atoms with Crippen LogP contribution in [0.1, 0.15) is 23.8 Å². The molecule has 0 unspecified atom stereocenters. The molecule has 1 amide bonds. The molecule has 1 aliphatic rings. The number of carbonyl (C=O) groups excluding carboxylic acids is 1. The van der Waals surface area contributed by atoms with E-state index in [0.29, 0.717) is 22.4 Å². The molecule has 30 heavy (non-hydrogen) atoms. The number of carbonyl (C=O) groups is 1. The van der Waals surface area contributed by atoms with Crippen molar-refractivity contribution in [2.24, 2.45) is 0 Å². The Morgan fingerprint density at radius 3 is 2.80 bits per heavy atom. The first kappa shape index (κ1) is 23.0. The van der Waals surface area contributed by atoms with Gasteiger partial charge in [0.05, 0.1) is 22.9 Å². The Balaban J connectivity index is 0.00000256. The molecule has 162 valence electrons. The molecule has 0 saturated carbocycles. The molecule has 0 atom stereocenters. The van der Waals surface area contributed by atoms with Crippen LogP contribution in [-0.4, -0.2) is 65.0 Å². The van der Waals surface area contributed by atoms with Crippen molar-refractivity contribution in [3.63, 3.8) is 0 Å². The van der Waals surface area contributed by atoms with E-state index in [0.717, 1.165) is 56.0 Å². The number of fused-ring (bicyclic) bond motifs is 1. The summed E-state index contributed by atoms with van der Waals surface area (Å²) in [7, 11) is 0. The van der Waals surface area contributed by atoms with Crippen LogP contribution in [0, 0.1) is 0 Å². The highest BCUT2D eigenvalue weighted by Gasteiger charge is 2.24. The number of thiazole rings is 1. The molecular weight excluding hydrogens is 445 g/mol. The molecule has 0 spiro atoms. The molecule has 1 aromatic carbocycles. The molecule has 1 aliphatic heterocycles. The molecule has 2 aromatic heterocycles. The number of hydrogen-bond donors (Lipinski definition) is 0. The molecule has 0 bridgehead atoms. The summed E-state index contributed by atoms with van der Waals surface area (Å²) in [5.41, 5.74) is 1.17. The van der Waals surface area contributed by atoms with Crippen molar-refractivity contribution in [1.82, 2.24) is 19.7 Å². The number of hydrogen-bond acceptors (Lipinski definition) is 6. The Kier molecular flexibility index (Phi) is 8.07. The summed E-state index contributed by atoms with van der Waals surface area (Å²) in [6, 6.07) is 7.46. The fraction of sp³-hybridized carbons (Fsp3) is 0.450. The third-order valence-electron chi connectivity index (χ3n) is 4.98. The molecule has 7 nitrogen and oxygen atoms in total. The van der Waals surface area contributed by atoms with Gasteiger partial charge in [-0.05, 0) is 31.5 Å². The van der Waals surface area contributed by atoms with Gasteiger partial charge >= 0.3 is 0 Å². The lowest BCUT2D eigenvalue weighted by atomic mass is 10.3. The highest BCUT2D eigenvalue weighted by Crippen LogP contribution is 2.33. The number of ether oxygens (including phenoxy) is 1. The van der Waals surface area contributed by atoms with Gasteiger partial charge in [0.25, 0.3) is 5.91 Å². The largest absolute Gasteiger partial charge is 0.379 e. The number of aromatic nitrogens is 3. The second-order valence-electron chi connectivity index (χ2n) is 6.90. The molecule has 1 fully saturated rings. The summed E-state index contributed by atoms with van der Waals surface area (Å²) < 4.78 is 8.14. The van der Waals surface area contributed by atoms with Gasteiger partial charge in [-0.25, -0.2) is 4.98 Å². The van der Waals surface area contributed by atoms with E-state index < -0.39 is 0 Å². The third kappa shape index (κ3) is 5.12. The minimum Gasteiger partial charge on any atom is -0.379 e. The van der Waals surface area contributed by atoms with E-state index >= 15 is 0 Å². The summed E-state index contributed by atoms with van der Waals surface area (Å²) in [6.07, 6.45) is 2.68. The van der Waals surface area contributed by atoms with Crippen molar-refractivity contribution in [2.45, 2.75) is 19.9 Å². The SMILES string of the molecule is CCn1ccc(C(=O)N(CCCN2CCOCC2)c2nc3c(Cl)cccc3s2)n1.Cl. The first-order valence-electron chi connectivity index (χ1n) is 9.86. The van der Waals surface area contributed by atoms with E-state index in [4.69, 9.17) is 16.3 Å². The van der Waals surface area contributed by atoms with E-state index in [-0.39, 0.29) is 18.3 Å². The average molecular weight is 470 g/mol. The molecule has 1 saturated heterocycles. The van der Waals surface area contributed by atoms with Crippen LogP contribution in [0.4, 0.5) is 5.13 Å². The fourth-order valence-corrected chi connectivity index (χ4v) is 4.66. The normalized spacial score (nSPS) is 14.6. The van der Waals surface area contributed by atoms with Crippen molar-refractivity contribution >= 4 is 56.6 Å². The Hall–Kier alpha value is -1.71. The van der Waals surface area contributed by atoms with Crippen molar-refractivity contribution < 1.29 is 9.53 Å². The van der Waals surface area contributed by atoms with Crippen molar-refractivity contribution in [2.75, 3.05) is 44.3 Å². The quantitative estimate of drug-likeness (QED) is 0.523. The zero-order valence-electron chi connectivity index (χ0n) is 16.8. The number of amides is 1. The molecular formula is C20H25Cl2N5O2S. The number of para-hydroxylation sites is 1. The lowest BCUT2D eigenvalue weighted by Crippen LogP contribution is -2.39. The van der Waals surface area contributed by atoms with Crippen LogP contribution >= 0.6 is 35.3 Å². The molecule has 3 aromatic rings. The van der Waals surface area contributed by atoms with Gasteiger partial charge in [-0.15, -0.1) is 12.4 Å². The summed E-state index contributed by atoms with van der Waals surface area (Å²) in [4.78, 5) is 22.1. The fourth-order valence-electron chi connectivity index (χ4n) is 3.37. The van der Waals surface area contributed by atoms with E-state index in [2.05, 4.69) is 15.0 Å². The average Bonchev–Trinajstić information content (AvgIpc) is 3.39. The summed E-state index contributed by atoms with van der Waals surface area (Å²) in [5, 5.41) is 5.65. The minimum atomic E-state index is -0.130. The van der Waals surface area contributed by atoms with Gasteiger partial charge in [0.15, 0.2) is 10.8 Å². The highest BCUT2D eigenvalue weighted by atomic mass is 35.5. The van der Waals surface area contributed by atoms with Crippen molar-refractivity contribution in [3.8, 4) is 0 Å². The highest BCUT2D eigenvalue weighted by molar-refractivity contribution is 7.22. The maximum absolute atomic E-state index is 13.3. The number of nitrogens with zero attached hydrogens (tertiary/aromatic N) is 5. The maximum atomic E-state index is 13.3. The number of halogens is 2. The van der Waals surface area contributed by atoms with Crippen molar-refractivity contribution in [1.29, 1.82) is 0 Å². The predicted octanol–water partition coefficient (Wildman–Crippen LogP) is 3.96. The Labute approximate surface area is 191 Å². The van der Waals surface area contributed by atoms with E-state index in [1.165, 1.54) is 11.3 Å². The van der Waals surface area contributed by atoms with Crippen LogP contribution in [-0.2, 0) is 11.3 Å². The maximum Gasteiger partial charge on any atom is 0.280 e. The zero-order chi connectivity index (χ0) is 20.2. The van der Waals surface area contributed by atoms with Gasteiger partial charge < -0.3 is 4.74 Å². The Bertz CT molecular complexity index is 987. The topological polar surface area (TPSA) is 63.5 Å². The number of benzene rings is 1. The van der Waals surface area contributed by atoms with Gasteiger partial charge in [0, 0.05) is 38.9 Å². The van der Waals surface area contributed by atoms with Gasteiger partial charge in [-0.1, -0.05) is 29.0 Å². The lowest BCUT2D eigenvalue weighted by Gasteiger charge is -2.27. The molecule has 0 aliphatic carbocycles. The predicted molar refractivity (Wildman–Crippen MR) is 123 cm³/mol. The summed E-state index contributed by atoms with van der Waals surface area (Å²) in [5.74, 6) is -0.130. The number of aryl methyl sites for hydroxylation is 1. The lowest BCUT2D eigenvalue weighted by molar-refractivity contribution is 0.0376. The smallest absolute Gasteiger partial charge is 0.280 e. The number of rotatable bonds is 7. The standard InChI is InChI=1S/C20H24ClN5O2S.ClH/c1-2-25-10-7-16(23-25)19(27)26(9-4-8-24-11-13-28-14-12-24)20-22-18-15(21)5-3-6-17(18)29-20;/h3,5-7,10H,2,4,8-9,11-14H2,1H3;1H. The molecule has 10 heteroatoms. The molecule has 3 heterocycles. The second-order valence-corrected chi connectivity index (χ2v) is 8.32. The van der Waals surface area contributed by atoms with E-state index in [9.17, 15) is 4.79 Å². The van der Waals surface area contributed by atoms with Crippen LogP contribution in [0.5, 0.6) is 0 Å². The van der Waals surface area contributed by atoms with Crippen LogP contribution in [0.3, 0.4) is 0 Å². The molecule has 0 N–H and O–H groups in total. The van der Waals surface area contributed by atoms with Crippen LogP contribution in [0.25, 0.3) is 10.2 Å². The van der Waals surface area contributed by atoms with Gasteiger partial charge in [0.1, 0.15) is 5.52 Å². The van der Waals surface area contributed by atoms with Crippen LogP contribution in [0.2, 0.25) is 5.02 Å². The summed E-state index contributed by atoms with van der Waals surface area (Å²) >= 11 is 7.79. The van der Waals surface area contributed by atoms with Crippen LogP contribution < -0.4 is 4.90 Å². The third-order valence-corrected chi connectivity index (χ3v) is 6.33. The summed E-state index contributed by atoms with van der Waals surface area (Å²) in [6.45, 7) is 7.63. The van der Waals surface area contributed by atoms with Gasteiger partial charge in [-0.3, -0.25) is 19.3 Å². The molecule has 0 radical (unpaired) electrons. The molecule has 4 rings (SSSR count). The Morgan fingerprint density at radius 1 is 1.30 bits per heavy atom. The number of morpholine rings is 1.